The van der Waals surface area contributed by atoms with Crippen molar-refractivity contribution < 1.29 is 14.3 Å². The van der Waals surface area contributed by atoms with E-state index in [0.29, 0.717) is 0 Å². The molecular formula is C6H9NO3. The quantitative estimate of drug-likeness (QED) is 0.431. The van der Waals surface area contributed by atoms with Crippen molar-refractivity contribution in [2.75, 3.05) is 0 Å². The van der Waals surface area contributed by atoms with Crippen LogP contribution in [-0.2, 0) is 14.3 Å². The minimum atomic E-state index is -0.884. The molecule has 1 unspecified atom stereocenters. The fourth-order valence-corrected chi connectivity index (χ4v) is 0.280. The van der Waals surface area contributed by atoms with Gasteiger partial charge in [-0.15, -0.1) is 0 Å². The monoisotopic (exact) mass is 143 g/mol. The summed E-state index contributed by atoms with van der Waals surface area (Å²) < 4.78 is 4.43. The summed E-state index contributed by atoms with van der Waals surface area (Å²) in [6.07, 6.45) is 0.0879. The van der Waals surface area contributed by atoms with E-state index in [4.69, 9.17) is 5.73 Å². The summed E-state index contributed by atoms with van der Waals surface area (Å²) in [7, 11) is 0. The number of ether oxygens (including phenoxy) is 1. The Balaban J connectivity index is 3.79. The molecule has 4 nitrogen and oxygen atoms in total. The Morgan fingerprint density at radius 3 is 2.50 bits per heavy atom. The standard InChI is InChI=1S/C6H9NO3/c1-3-5(8)10-4(2)6(7)9/h3-4H,1H2,2H3,(H2,7,9). The molecule has 0 aliphatic heterocycles. The molecule has 0 rings (SSSR count). The van der Waals surface area contributed by atoms with Gasteiger partial charge < -0.3 is 10.5 Å². The summed E-state index contributed by atoms with van der Waals surface area (Å²) >= 11 is 0. The molecule has 1 atom stereocenters. The van der Waals surface area contributed by atoms with Crippen molar-refractivity contribution in [1.29, 1.82) is 0 Å². The third-order valence-corrected chi connectivity index (χ3v) is 0.860. The molecule has 0 fully saturated rings. The van der Waals surface area contributed by atoms with Gasteiger partial charge in [0.15, 0.2) is 6.10 Å². The van der Waals surface area contributed by atoms with Crippen molar-refractivity contribution in [3.63, 3.8) is 0 Å². The van der Waals surface area contributed by atoms with Gasteiger partial charge in [0, 0.05) is 6.08 Å². The molecule has 0 heterocycles. The van der Waals surface area contributed by atoms with Crippen LogP contribution in [0.4, 0.5) is 0 Å². The van der Waals surface area contributed by atoms with Gasteiger partial charge in [-0.1, -0.05) is 6.58 Å². The van der Waals surface area contributed by atoms with Gasteiger partial charge in [-0.2, -0.15) is 0 Å². The number of carbonyl (C=O) groups is 2. The first kappa shape index (κ1) is 8.68. The number of esters is 1. The Labute approximate surface area is 58.7 Å². The predicted molar refractivity (Wildman–Crippen MR) is 34.9 cm³/mol. The van der Waals surface area contributed by atoms with Crippen molar-refractivity contribution >= 4 is 11.9 Å². The summed E-state index contributed by atoms with van der Waals surface area (Å²) in [5, 5.41) is 0. The highest BCUT2D eigenvalue weighted by molar-refractivity contribution is 5.86. The van der Waals surface area contributed by atoms with Crippen LogP contribution < -0.4 is 5.73 Å². The number of rotatable bonds is 3. The van der Waals surface area contributed by atoms with E-state index in [0.717, 1.165) is 6.08 Å². The fourth-order valence-electron chi connectivity index (χ4n) is 0.280. The highest BCUT2D eigenvalue weighted by Gasteiger charge is 2.11. The van der Waals surface area contributed by atoms with Gasteiger partial charge in [-0.3, -0.25) is 4.79 Å². The number of nitrogens with two attached hydrogens (primary N) is 1. The number of amides is 1. The Morgan fingerprint density at radius 1 is 1.70 bits per heavy atom. The van der Waals surface area contributed by atoms with Crippen molar-refractivity contribution in [2.45, 2.75) is 13.0 Å². The molecule has 4 heteroatoms. The molecule has 0 bridgehead atoms. The Morgan fingerprint density at radius 2 is 2.20 bits per heavy atom. The van der Waals surface area contributed by atoms with Gasteiger partial charge >= 0.3 is 5.97 Å². The van der Waals surface area contributed by atoms with Crippen molar-refractivity contribution in [2.24, 2.45) is 5.73 Å². The van der Waals surface area contributed by atoms with Crippen LogP contribution >= 0.6 is 0 Å². The zero-order chi connectivity index (χ0) is 8.15. The van der Waals surface area contributed by atoms with E-state index in [9.17, 15) is 9.59 Å². The zero-order valence-electron chi connectivity index (χ0n) is 5.66. The molecule has 2 N–H and O–H groups in total. The largest absolute Gasteiger partial charge is 0.449 e. The zero-order valence-corrected chi connectivity index (χ0v) is 5.66. The molecular weight excluding hydrogens is 134 g/mol. The van der Waals surface area contributed by atoms with Gasteiger partial charge in [-0.05, 0) is 6.92 Å². The average molecular weight is 143 g/mol. The molecule has 56 valence electrons. The van der Waals surface area contributed by atoms with Crippen LogP contribution in [0.15, 0.2) is 12.7 Å². The second-order valence-corrected chi connectivity index (χ2v) is 1.69. The third-order valence-electron chi connectivity index (χ3n) is 0.860. The van der Waals surface area contributed by atoms with Crippen LogP contribution in [0.2, 0.25) is 0 Å². The molecule has 0 saturated carbocycles. The minimum Gasteiger partial charge on any atom is -0.449 e. The molecule has 0 radical (unpaired) electrons. The number of carbonyl (C=O) groups excluding carboxylic acids is 2. The second kappa shape index (κ2) is 3.66. The lowest BCUT2D eigenvalue weighted by atomic mass is 10.4. The van der Waals surface area contributed by atoms with E-state index in [2.05, 4.69) is 11.3 Å². The summed E-state index contributed by atoms with van der Waals surface area (Å²) in [4.78, 5) is 20.6. The normalized spacial score (nSPS) is 11.7. The minimum absolute atomic E-state index is 0.647. The van der Waals surface area contributed by atoms with E-state index in [1.165, 1.54) is 6.92 Å². The van der Waals surface area contributed by atoms with E-state index in [-0.39, 0.29) is 0 Å². The van der Waals surface area contributed by atoms with Crippen LogP contribution in [0.3, 0.4) is 0 Å². The van der Waals surface area contributed by atoms with Crippen molar-refractivity contribution in [3.8, 4) is 0 Å². The lowest BCUT2D eigenvalue weighted by Crippen LogP contribution is -2.29. The average Bonchev–Trinajstić information content (AvgIpc) is 1.87. The highest BCUT2D eigenvalue weighted by Crippen LogP contribution is 1.89. The fraction of sp³-hybridized carbons (Fsp3) is 0.333. The molecule has 0 aliphatic carbocycles. The summed E-state index contributed by atoms with van der Waals surface area (Å²) in [6, 6.07) is 0. The molecule has 0 aromatic carbocycles. The summed E-state index contributed by atoms with van der Waals surface area (Å²) in [6.45, 7) is 4.54. The van der Waals surface area contributed by atoms with Gasteiger partial charge in [0.25, 0.3) is 5.91 Å². The molecule has 0 spiro atoms. The lowest BCUT2D eigenvalue weighted by molar-refractivity contribution is -0.148. The predicted octanol–water partition coefficient (Wildman–Crippen LogP) is -0.411. The molecule has 0 aromatic rings. The Kier molecular flexibility index (Phi) is 3.17. The number of hydrogen-bond acceptors (Lipinski definition) is 3. The van der Waals surface area contributed by atoms with E-state index >= 15 is 0 Å². The first-order valence-corrected chi connectivity index (χ1v) is 2.70. The van der Waals surface area contributed by atoms with Crippen molar-refractivity contribution in [3.05, 3.63) is 12.7 Å². The van der Waals surface area contributed by atoms with E-state index < -0.39 is 18.0 Å². The maximum absolute atomic E-state index is 10.4. The Hall–Kier alpha value is -1.32. The van der Waals surface area contributed by atoms with Gasteiger partial charge in [0.2, 0.25) is 0 Å². The molecule has 10 heavy (non-hydrogen) atoms. The number of hydrogen-bond donors (Lipinski definition) is 1. The maximum Gasteiger partial charge on any atom is 0.330 e. The lowest BCUT2D eigenvalue weighted by Gasteiger charge is -2.05. The van der Waals surface area contributed by atoms with Gasteiger partial charge in [0.05, 0.1) is 0 Å². The van der Waals surface area contributed by atoms with Crippen LogP contribution in [0.25, 0.3) is 0 Å². The van der Waals surface area contributed by atoms with E-state index in [1.54, 1.807) is 0 Å². The van der Waals surface area contributed by atoms with Crippen molar-refractivity contribution in [1.82, 2.24) is 0 Å². The van der Waals surface area contributed by atoms with E-state index in [1.807, 2.05) is 0 Å². The summed E-state index contributed by atoms with van der Waals surface area (Å²) in [5.41, 5.74) is 4.79. The maximum atomic E-state index is 10.4. The molecule has 0 aliphatic rings. The smallest absolute Gasteiger partial charge is 0.330 e. The van der Waals surface area contributed by atoms with Crippen LogP contribution in [0, 0.1) is 0 Å². The molecule has 1 amide bonds. The number of primary amides is 1. The molecule has 0 aromatic heterocycles. The van der Waals surface area contributed by atoms with Crippen LogP contribution in [0.5, 0.6) is 0 Å². The second-order valence-electron chi connectivity index (χ2n) is 1.69. The SMILES string of the molecule is C=CC(=O)OC(C)C(N)=O. The van der Waals surface area contributed by atoms with Gasteiger partial charge in [-0.25, -0.2) is 4.79 Å². The third kappa shape index (κ3) is 2.86. The topological polar surface area (TPSA) is 69.4 Å². The van der Waals surface area contributed by atoms with Crippen LogP contribution in [0.1, 0.15) is 6.92 Å². The molecule has 0 saturated heterocycles. The van der Waals surface area contributed by atoms with Gasteiger partial charge in [0.1, 0.15) is 0 Å². The highest BCUT2D eigenvalue weighted by atomic mass is 16.5. The Bertz CT molecular complexity index is 164. The first-order valence-electron chi connectivity index (χ1n) is 2.70. The first-order chi connectivity index (χ1) is 4.57. The van der Waals surface area contributed by atoms with Crippen LogP contribution in [-0.4, -0.2) is 18.0 Å². The summed E-state index contributed by atoms with van der Waals surface area (Å²) in [5.74, 6) is -1.32.